The Morgan fingerprint density at radius 3 is 2.69 bits per heavy atom. The van der Waals surface area contributed by atoms with Gasteiger partial charge in [0.15, 0.2) is 11.5 Å². The van der Waals surface area contributed by atoms with Crippen molar-refractivity contribution in [1.29, 1.82) is 0 Å². The first-order valence-electron chi connectivity index (χ1n) is 10.6. The zero-order chi connectivity index (χ0) is 24.0. The Hall–Kier alpha value is -4.22. The van der Waals surface area contributed by atoms with E-state index in [1.54, 1.807) is 53.3 Å². The lowest BCUT2D eigenvalue weighted by Crippen LogP contribution is -2.12. The van der Waals surface area contributed by atoms with E-state index in [1.807, 2.05) is 37.3 Å². The van der Waals surface area contributed by atoms with Gasteiger partial charge >= 0.3 is 0 Å². The van der Waals surface area contributed by atoms with Crippen LogP contribution in [0.2, 0.25) is 0 Å². The Labute approximate surface area is 204 Å². The fourth-order valence-corrected chi connectivity index (χ4v) is 5.78. The lowest BCUT2D eigenvalue weighted by Gasteiger charge is -2.10. The van der Waals surface area contributed by atoms with Crippen LogP contribution in [0.4, 0.5) is 5.69 Å². The molecule has 1 N–H and O–H groups in total. The molecular weight excluding hydrogens is 482 g/mol. The number of thiazole rings is 1. The van der Waals surface area contributed by atoms with Crippen molar-refractivity contribution in [3.8, 4) is 22.6 Å². The number of aryl methyl sites for hydroxylation is 1. The Kier molecular flexibility index (Phi) is 5.01. The van der Waals surface area contributed by atoms with Gasteiger partial charge in [0.25, 0.3) is 10.0 Å². The number of sulfonamides is 1. The van der Waals surface area contributed by atoms with Crippen LogP contribution in [-0.4, -0.2) is 38.2 Å². The highest BCUT2D eigenvalue weighted by Crippen LogP contribution is 2.27. The van der Waals surface area contributed by atoms with Gasteiger partial charge in [-0.3, -0.25) is 9.71 Å². The quantitative estimate of drug-likeness (QED) is 0.369. The summed E-state index contributed by atoms with van der Waals surface area (Å²) in [4.78, 5) is 8.71. The van der Waals surface area contributed by atoms with E-state index in [0.29, 0.717) is 22.9 Å². The van der Waals surface area contributed by atoms with Gasteiger partial charge in [-0.2, -0.15) is 9.61 Å². The second kappa shape index (κ2) is 8.22. The summed E-state index contributed by atoms with van der Waals surface area (Å²) >= 11 is 1.46. The minimum atomic E-state index is -3.79. The molecule has 0 amide bonds. The monoisotopic (exact) mass is 499 g/mol. The highest BCUT2D eigenvalue weighted by molar-refractivity contribution is 7.92. The van der Waals surface area contributed by atoms with Crippen molar-refractivity contribution in [2.75, 3.05) is 4.72 Å². The van der Waals surface area contributed by atoms with Crippen molar-refractivity contribution in [2.24, 2.45) is 0 Å². The van der Waals surface area contributed by atoms with Crippen molar-refractivity contribution < 1.29 is 8.42 Å². The van der Waals surface area contributed by atoms with Crippen molar-refractivity contribution >= 4 is 42.9 Å². The summed E-state index contributed by atoms with van der Waals surface area (Å²) in [5.74, 6) is 0.570. The lowest BCUT2D eigenvalue weighted by atomic mass is 10.1. The first kappa shape index (κ1) is 21.3. The molecule has 0 fully saturated rings. The van der Waals surface area contributed by atoms with Crippen LogP contribution in [0.15, 0.2) is 84.0 Å². The van der Waals surface area contributed by atoms with Crippen molar-refractivity contribution in [2.45, 2.75) is 11.8 Å². The first-order chi connectivity index (χ1) is 17.0. The van der Waals surface area contributed by atoms with Crippen LogP contribution in [0, 0.1) is 6.92 Å². The number of pyridine rings is 1. The topological polar surface area (TPSA) is 115 Å². The summed E-state index contributed by atoms with van der Waals surface area (Å²) < 4.78 is 31.3. The molecule has 2 aromatic carbocycles. The summed E-state index contributed by atoms with van der Waals surface area (Å²) in [5, 5.41) is 14.0. The molecule has 0 atom stereocenters. The van der Waals surface area contributed by atoms with Crippen LogP contribution in [0.1, 0.15) is 5.01 Å². The van der Waals surface area contributed by atoms with E-state index in [1.165, 1.54) is 11.3 Å². The normalized spacial score (nSPS) is 11.8. The molecule has 0 aliphatic carbocycles. The number of rotatable bonds is 5. The van der Waals surface area contributed by atoms with E-state index in [0.717, 1.165) is 26.4 Å². The van der Waals surface area contributed by atoms with Crippen LogP contribution >= 0.6 is 11.3 Å². The van der Waals surface area contributed by atoms with Gasteiger partial charge in [0.05, 0.1) is 25.8 Å². The Morgan fingerprint density at radius 2 is 1.83 bits per heavy atom. The third-order valence-corrected chi connectivity index (χ3v) is 7.68. The number of hydrogen-bond acceptors (Lipinski definition) is 8. The van der Waals surface area contributed by atoms with Crippen LogP contribution < -0.4 is 4.72 Å². The molecule has 0 spiro atoms. The second-order valence-corrected chi connectivity index (χ2v) is 10.7. The molecule has 6 rings (SSSR count). The standard InChI is InChI=1S/C24H17N7O2S2/c1-15-26-21-8-7-19(13-22(21)34-15)35(32,33)30-18-6-2-4-16(12-18)20-9-10-23-27-28-24(31(23)29-20)17-5-3-11-25-14-17/h2-14,30H,1H3. The second-order valence-electron chi connectivity index (χ2n) is 7.80. The van der Waals surface area contributed by atoms with E-state index < -0.39 is 10.0 Å². The average molecular weight is 500 g/mol. The lowest BCUT2D eigenvalue weighted by molar-refractivity contribution is 0.601. The van der Waals surface area contributed by atoms with Crippen LogP contribution in [0.5, 0.6) is 0 Å². The van der Waals surface area contributed by atoms with Crippen LogP contribution in [0.3, 0.4) is 0 Å². The number of hydrogen-bond donors (Lipinski definition) is 1. The molecular formula is C24H17N7O2S2. The van der Waals surface area contributed by atoms with E-state index in [9.17, 15) is 8.42 Å². The van der Waals surface area contributed by atoms with Crippen molar-refractivity contribution in [3.05, 3.63) is 84.1 Å². The molecule has 11 heteroatoms. The molecule has 0 aliphatic heterocycles. The molecule has 0 radical (unpaired) electrons. The fraction of sp³-hybridized carbons (Fsp3) is 0.0417. The van der Waals surface area contributed by atoms with Gasteiger partial charge in [-0.15, -0.1) is 21.5 Å². The molecule has 0 aliphatic rings. The summed E-state index contributed by atoms with van der Waals surface area (Å²) in [6, 6.07) is 19.4. The zero-order valence-corrected chi connectivity index (χ0v) is 20.0. The smallest absolute Gasteiger partial charge is 0.261 e. The molecule has 9 nitrogen and oxygen atoms in total. The number of nitrogens with one attached hydrogen (secondary N) is 1. The van der Waals surface area contributed by atoms with Gasteiger partial charge in [-0.1, -0.05) is 12.1 Å². The third kappa shape index (κ3) is 4.00. The Bertz CT molecular complexity index is 1810. The molecule has 0 unspecified atom stereocenters. The van der Waals surface area contributed by atoms with Gasteiger partial charge in [0.1, 0.15) is 0 Å². The van der Waals surface area contributed by atoms with Crippen molar-refractivity contribution in [3.63, 3.8) is 0 Å². The summed E-state index contributed by atoms with van der Waals surface area (Å²) in [6.45, 7) is 1.90. The SMILES string of the molecule is Cc1nc2ccc(S(=O)(=O)Nc3cccc(-c4ccc5nnc(-c6cccnc6)n5n4)c3)cc2s1. The summed E-state index contributed by atoms with van der Waals surface area (Å²) in [6.07, 6.45) is 3.39. The Balaban J connectivity index is 1.34. The van der Waals surface area contributed by atoms with E-state index in [4.69, 9.17) is 5.10 Å². The number of nitrogens with zero attached hydrogens (tertiary/aromatic N) is 6. The van der Waals surface area contributed by atoms with Crippen LogP contribution in [0.25, 0.3) is 38.5 Å². The molecule has 4 aromatic heterocycles. The van der Waals surface area contributed by atoms with E-state index in [2.05, 4.69) is 24.9 Å². The maximum atomic E-state index is 13.1. The van der Waals surface area contributed by atoms with Crippen molar-refractivity contribution in [1.82, 2.24) is 29.8 Å². The van der Waals surface area contributed by atoms with E-state index >= 15 is 0 Å². The zero-order valence-electron chi connectivity index (χ0n) is 18.3. The fourth-order valence-electron chi connectivity index (χ4n) is 3.76. The van der Waals surface area contributed by atoms with E-state index in [-0.39, 0.29) is 4.90 Å². The number of anilines is 1. The first-order valence-corrected chi connectivity index (χ1v) is 12.9. The highest BCUT2D eigenvalue weighted by atomic mass is 32.2. The maximum Gasteiger partial charge on any atom is 0.261 e. The highest BCUT2D eigenvalue weighted by Gasteiger charge is 2.17. The molecule has 172 valence electrons. The largest absolute Gasteiger partial charge is 0.280 e. The molecule has 4 heterocycles. The predicted molar refractivity (Wildman–Crippen MR) is 135 cm³/mol. The maximum absolute atomic E-state index is 13.1. The number of fused-ring (bicyclic) bond motifs is 2. The van der Waals surface area contributed by atoms with Crippen LogP contribution in [-0.2, 0) is 10.0 Å². The molecule has 35 heavy (non-hydrogen) atoms. The Morgan fingerprint density at radius 1 is 0.943 bits per heavy atom. The molecule has 0 saturated heterocycles. The third-order valence-electron chi connectivity index (χ3n) is 5.37. The molecule has 0 bridgehead atoms. The van der Waals surface area contributed by atoms with Gasteiger partial charge in [-0.25, -0.2) is 13.4 Å². The summed E-state index contributed by atoms with van der Waals surface area (Å²) in [7, 11) is -3.79. The minimum absolute atomic E-state index is 0.184. The number of aromatic nitrogens is 6. The van der Waals surface area contributed by atoms with Gasteiger partial charge in [0.2, 0.25) is 0 Å². The van der Waals surface area contributed by atoms with Gasteiger partial charge in [-0.05, 0) is 61.5 Å². The van der Waals surface area contributed by atoms with Gasteiger partial charge in [0, 0.05) is 29.2 Å². The molecule has 0 saturated carbocycles. The minimum Gasteiger partial charge on any atom is -0.280 e. The number of benzene rings is 2. The van der Waals surface area contributed by atoms with Gasteiger partial charge < -0.3 is 0 Å². The molecule has 6 aromatic rings. The average Bonchev–Trinajstić information content (AvgIpc) is 3.46. The predicted octanol–water partition coefficient (Wildman–Crippen LogP) is 4.57. The summed E-state index contributed by atoms with van der Waals surface area (Å²) in [5.41, 5.74) is 3.99.